The molecule has 14 heteroatoms. The van der Waals surface area contributed by atoms with Gasteiger partial charge in [-0.15, -0.1) is 0 Å². The van der Waals surface area contributed by atoms with Gasteiger partial charge < -0.3 is 15.3 Å². The van der Waals surface area contributed by atoms with Crippen LogP contribution in [0.1, 0.15) is 29.4 Å². The quantitative estimate of drug-likeness (QED) is 0.559. The number of alkyl halides is 3. The lowest BCUT2D eigenvalue weighted by Gasteiger charge is -2.33. The molecule has 3 aromatic rings. The minimum Gasteiger partial charge on any atom is -0.465 e. The summed E-state index contributed by atoms with van der Waals surface area (Å²) in [6.07, 6.45) is -1.67. The first-order chi connectivity index (χ1) is 16.4. The molecule has 11 nitrogen and oxygen atoms in total. The van der Waals surface area contributed by atoms with Crippen molar-refractivity contribution >= 4 is 29.5 Å². The second kappa shape index (κ2) is 8.85. The highest BCUT2D eigenvalue weighted by Gasteiger charge is 2.33. The van der Waals surface area contributed by atoms with Crippen molar-refractivity contribution in [2.75, 3.05) is 22.2 Å². The Bertz CT molecular complexity index is 1280. The van der Waals surface area contributed by atoms with Crippen LogP contribution in [0.25, 0.3) is 0 Å². The van der Waals surface area contributed by atoms with Crippen LogP contribution in [0.5, 0.6) is 0 Å². The Labute approximate surface area is 197 Å². The topological polar surface area (TPSA) is 129 Å². The van der Waals surface area contributed by atoms with Crippen molar-refractivity contribution in [3.63, 3.8) is 0 Å². The maximum absolute atomic E-state index is 12.7. The fraction of sp³-hybridized carbons (Fsp3) is 0.333. The summed E-state index contributed by atoms with van der Waals surface area (Å²) < 4.78 is 39.5. The van der Waals surface area contributed by atoms with Gasteiger partial charge in [-0.05, 0) is 25.5 Å². The molecule has 0 bridgehead atoms. The average Bonchev–Trinajstić information content (AvgIpc) is 3.23. The first kappa shape index (κ1) is 23.9. The molecule has 0 aromatic carbocycles. The van der Waals surface area contributed by atoms with Crippen LogP contribution >= 0.6 is 0 Å². The molecule has 184 valence electrons. The molecule has 0 radical (unpaired) electrons. The third kappa shape index (κ3) is 4.85. The molecule has 1 aliphatic heterocycles. The molecule has 0 saturated carbocycles. The number of halogens is 3. The number of aromatic nitrogens is 5. The highest BCUT2D eigenvalue weighted by atomic mass is 19.4. The lowest BCUT2D eigenvalue weighted by molar-refractivity contribution is -0.141. The standard InChI is InChI=1S/C21H21F3N8O3/c1-11-16-17(30(3)12(2)18(33)28-16)29-19(27-11)32(20(34)35)10-14-7-26-31(9-14)8-13-4-5-15(25-6-13)21(22,23)24/h4-7,9,12H,8,10H2,1-3H3,(H,28,33)(H,34,35). The first-order valence-electron chi connectivity index (χ1n) is 10.4. The van der Waals surface area contributed by atoms with E-state index in [9.17, 15) is 27.9 Å². The Morgan fingerprint density at radius 1 is 1.23 bits per heavy atom. The van der Waals surface area contributed by atoms with Gasteiger partial charge in [0.1, 0.15) is 17.4 Å². The van der Waals surface area contributed by atoms with Gasteiger partial charge >= 0.3 is 12.3 Å². The minimum atomic E-state index is -4.52. The molecule has 2 amide bonds. The minimum absolute atomic E-state index is 0.0661. The zero-order valence-electron chi connectivity index (χ0n) is 18.9. The van der Waals surface area contributed by atoms with Gasteiger partial charge in [0.05, 0.1) is 25.0 Å². The highest BCUT2D eigenvalue weighted by Crippen LogP contribution is 2.33. The van der Waals surface area contributed by atoms with Crippen LogP contribution in [0.15, 0.2) is 30.7 Å². The molecular formula is C21H21F3N8O3. The highest BCUT2D eigenvalue weighted by molar-refractivity contribution is 6.03. The van der Waals surface area contributed by atoms with E-state index in [0.29, 0.717) is 28.3 Å². The van der Waals surface area contributed by atoms with E-state index in [1.54, 1.807) is 32.0 Å². The summed E-state index contributed by atoms with van der Waals surface area (Å²) in [4.78, 5) is 38.8. The van der Waals surface area contributed by atoms with Crippen LogP contribution in [-0.2, 0) is 24.1 Å². The number of hydrogen-bond acceptors (Lipinski definition) is 7. The smallest absolute Gasteiger partial charge is 0.433 e. The van der Waals surface area contributed by atoms with Gasteiger partial charge in [0.2, 0.25) is 11.9 Å². The van der Waals surface area contributed by atoms with E-state index in [1.165, 1.54) is 16.9 Å². The molecule has 0 saturated heterocycles. The van der Waals surface area contributed by atoms with Crippen molar-refractivity contribution in [3.8, 4) is 0 Å². The predicted molar refractivity (Wildman–Crippen MR) is 118 cm³/mol. The molecule has 2 N–H and O–H groups in total. The molecule has 0 aliphatic carbocycles. The van der Waals surface area contributed by atoms with Gasteiger partial charge in [-0.2, -0.15) is 23.3 Å². The monoisotopic (exact) mass is 490 g/mol. The zero-order valence-corrected chi connectivity index (χ0v) is 18.9. The lowest BCUT2D eigenvalue weighted by atomic mass is 10.2. The molecule has 0 spiro atoms. The van der Waals surface area contributed by atoms with E-state index in [1.807, 2.05) is 0 Å². The summed E-state index contributed by atoms with van der Waals surface area (Å²) in [5.74, 6) is 0.116. The van der Waals surface area contributed by atoms with Crippen molar-refractivity contribution in [2.24, 2.45) is 0 Å². The number of carbonyl (C=O) groups is 2. The Morgan fingerprint density at radius 3 is 2.60 bits per heavy atom. The fourth-order valence-corrected chi connectivity index (χ4v) is 3.51. The van der Waals surface area contributed by atoms with Gasteiger partial charge in [0.25, 0.3) is 0 Å². The molecular weight excluding hydrogens is 469 g/mol. The molecule has 1 atom stereocenters. The number of nitrogens with one attached hydrogen (secondary N) is 1. The van der Waals surface area contributed by atoms with Crippen LogP contribution in [-0.4, -0.2) is 54.9 Å². The normalized spacial score (nSPS) is 15.5. The van der Waals surface area contributed by atoms with Crippen molar-refractivity contribution in [3.05, 3.63) is 53.2 Å². The first-order valence-corrected chi connectivity index (χ1v) is 10.4. The van der Waals surface area contributed by atoms with E-state index in [2.05, 4.69) is 25.4 Å². The predicted octanol–water partition coefficient (Wildman–Crippen LogP) is 2.91. The molecule has 1 unspecified atom stereocenters. The summed E-state index contributed by atoms with van der Waals surface area (Å²) >= 11 is 0. The Morgan fingerprint density at radius 2 is 1.97 bits per heavy atom. The summed E-state index contributed by atoms with van der Waals surface area (Å²) in [5, 5.41) is 16.7. The molecule has 4 heterocycles. The molecule has 4 rings (SSSR count). The Hall–Kier alpha value is -4.23. The second-order valence-electron chi connectivity index (χ2n) is 8.05. The van der Waals surface area contributed by atoms with Crippen molar-refractivity contribution in [1.82, 2.24) is 24.7 Å². The lowest BCUT2D eigenvalue weighted by Crippen LogP contribution is -2.45. The number of amides is 2. The van der Waals surface area contributed by atoms with E-state index < -0.39 is 24.0 Å². The van der Waals surface area contributed by atoms with Crippen LogP contribution in [0.4, 0.5) is 35.4 Å². The van der Waals surface area contributed by atoms with Crippen molar-refractivity contribution in [2.45, 2.75) is 39.2 Å². The number of carboxylic acid groups (broad SMARTS) is 1. The largest absolute Gasteiger partial charge is 0.465 e. The maximum Gasteiger partial charge on any atom is 0.433 e. The maximum atomic E-state index is 12.7. The third-order valence-corrected chi connectivity index (χ3v) is 5.56. The summed E-state index contributed by atoms with van der Waals surface area (Å²) in [6.45, 7) is 3.37. The van der Waals surface area contributed by atoms with Gasteiger partial charge in [-0.1, -0.05) is 6.07 Å². The SMILES string of the molecule is Cc1nc(N(Cc2cnn(Cc3ccc(C(F)(F)F)nc3)c2)C(=O)O)nc2c1NC(=O)C(C)N2C. The van der Waals surface area contributed by atoms with E-state index in [-0.39, 0.29) is 24.9 Å². The van der Waals surface area contributed by atoms with Crippen molar-refractivity contribution in [1.29, 1.82) is 0 Å². The third-order valence-electron chi connectivity index (χ3n) is 5.56. The van der Waals surface area contributed by atoms with Crippen molar-refractivity contribution < 1.29 is 27.9 Å². The van der Waals surface area contributed by atoms with Gasteiger partial charge in [0.15, 0.2) is 5.82 Å². The van der Waals surface area contributed by atoms with Gasteiger partial charge in [0, 0.05) is 25.0 Å². The number of pyridine rings is 1. The van der Waals surface area contributed by atoms with Crippen LogP contribution in [0, 0.1) is 6.92 Å². The summed E-state index contributed by atoms with van der Waals surface area (Å²) in [6, 6.07) is 1.70. The number of aryl methyl sites for hydroxylation is 1. The van der Waals surface area contributed by atoms with Crippen LogP contribution in [0.2, 0.25) is 0 Å². The number of likely N-dealkylation sites (N-methyl/N-ethyl adjacent to an activating group) is 1. The number of hydrogen-bond donors (Lipinski definition) is 2. The number of fused-ring (bicyclic) bond motifs is 1. The fourth-order valence-electron chi connectivity index (χ4n) is 3.51. The van der Waals surface area contributed by atoms with Crippen LogP contribution in [0.3, 0.4) is 0 Å². The molecule has 1 aliphatic rings. The van der Waals surface area contributed by atoms with E-state index in [0.717, 1.165) is 17.2 Å². The average molecular weight is 490 g/mol. The zero-order chi connectivity index (χ0) is 25.5. The second-order valence-corrected chi connectivity index (χ2v) is 8.05. The summed E-state index contributed by atoms with van der Waals surface area (Å²) in [5.41, 5.74) is 0.854. The van der Waals surface area contributed by atoms with Gasteiger partial charge in [-0.25, -0.2) is 14.7 Å². The Balaban J connectivity index is 1.54. The number of carbonyl (C=O) groups excluding carboxylic acids is 1. The molecule has 35 heavy (non-hydrogen) atoms. The van der Waals surface area contributed by atoms with Crippen LogP contribution < -0.4 is 15.1 Å². The van der Waals surface area contributed by atoms with Gasteiger partial charge in [-0.3, -0.25) is 14.5 Å². The number of rotatable bonds is 5. The molecule has 3 aromatic heterocycles. The van der Waals surface area contributed by atoms with E-state index in [4.69, 9.17) is 0 Å². The van der Waals surface area contributed by atoms with E-state index >= 15 is 0 Å². The Kier molecular flexibility index (Phi) is 6.05. The molecule has 0 fully saturated rings. The number of nitrogens with zero attached hydrogens (tertiary/aromatic N) is 7. The summed E-state index contributed by atoms with van der Waals surface area (Å²) in [7, 11) is 1.68. The number of anilines is 3.